The largest absolute Gasteiger partial charge is 0.352 e. The van der Waals surface area contributed by atoms with Crippen molar-refractivity contribution in [3.8, 4) is 0 Å². The molecule has 0 radical (unpaired) electrons. The zero-order chi connectivity index (χ0) is 33.4. The Morgan fingerprint density at radius 3 is 2.11 bits per heavy atom. The van der Waals surface area contributed by atoms with Gasteiger partial charge in [-0.15, -0.1) is 0 Å². The lowest BCUT2D eigenvalue weighted by molar-refractivity contribution is -0.140. The summed E-state index contributed by atoms with van der Waals surface area (Å²) >= 11 is 6.07. The number of anilines is 1. The first-order valence-electron chi connectivity index (χ1n) is 15.5. The monoisotopic (exact) mass is 679 g/mol. The summed E-state index contributed by atoms with van der Waals surface area (Å²) in [6, 6.07) is 24.7. The highest BCUT2D eigenvalue weighted by atomic mass is 35.5. The van der Waals surface area contributed by atoms with Gasteiger partial charge in [0.2, 0.25) is 11.8 Å². The molecule has 5 rings (SSSR count). The molecule has 7 nitrogen and oxygen atoms in total. The third kappa shape index (κ3) is 8.75. The highest BCUT2D eigenvalue weighted by Gasteiger charge is 2.35. The molecule has 1 N–H and O–H groups in total. The van der Waals surface area contributed by atoms with E-state index in [-0.39, 0.29) is 40.5 Å². The van der Waals surface area contributed by atoms with Crippen molar-refractivity contribution in [2.24, 2.45) is 0 Å². The minimum Gasteiger partial charge on any atom is -0.352 e. The molecule has 0 saturated heterocycles. The second-order valence-electron chi connectivity index (χ2n) is 11.6. The van der Waals surface area contributed by atoms with Crippen molar-refractivity contribution < 1.29 is 26.8 Å². The van der Waals surface area contributed by atoms with Crippen LogP contribution in [0.2, 0.25) is 5.02 Å². The van der Waals surface area contributed by atoms with E-state index in [1.54, 1.807) is 18.2 Å². The van der Waals surface area contributed by atoms with Gasteiger partial charge in [-0.25, -0.2) is 17.2 Å². The second kappa shape index (κ2) is 15.5. The summed E-state index contributed by atoms with van der Waals surface area (Å²) in [7, 11) is -4.36. The van der Waals surface area contributed by atoms with Crippen molar-refractivity contribution in [1.82, 2.24) is 10.2 Å². The molecule has 1 aliphatic carbocycles. The number of rotatable bonds is 12. The molecule has 1 unspecified atom stereocenters. The Kier molecular flexibility index (Phi) is 11.3. The quantitative estimate of drug-likeness (QED) is 0.177. The van der Waals surface area contributed by atoms with Crippen LogP contribution >= 0.6 is 11.6 Å². The fourth-order valence-corrected chi connectivity index (χ4v) is 7.38. The van der Waals surface area contributed by atoms with E-state index in [1.807, 2.05) is 30.3 Å². The lowest BCUT2D eigenvalue weighted by Crippen LogP contribution is -2.55. The first-order valence-corrected chi connectivity index (χ1v) is 17.3. The Bertz CT molecular complexity index is 1770. The van der Waals surface area contributed by atoms with E-state index >= 15 is 0 Å². The second-order valence-corrected chi connectivity index (χ2v) is 13.9. The molecule has 0 aliphatic heterocycles. The summed E-state index contributed by atoms with van der Waals surface area (Å²) in [6.45, 7) is -0.819. The summed E-state index contributed by atoms with van der Waals surface area (Å²) in [6.07, 6.45) is 4.86. The van der Waals surface area contributed by atoms with E-state index in [1.165, 1.54) is 47.4 Å². The molecule has 1 fully saturated rings. The molecule has 1 saturated carbocycles. The minimum atomic E-state index is -4.36. The summed E-state index contributed by atoms with van der Waals surface area (Å²) < 4.78 is 57.0. The number of hydrogen-bond donors (Lipinski definition) is 1. The summed E-state index contributed by atoms with van der Waals surface area (Å²) in [5.74, 6) is -2.26. The molecule has 4 aromatic rings. The zero-order valence-electron chi connectivity index (χ0n) is 25.7. The molecule has 1 atom stereocenters. The highest BCUT2D eigenvalue weighted by molar-refractivity contribution is 7.92. The van der Waals surface area contributed by atoms with Crippen LogP contribution in [-0.4, -0.2) is 43.8 Å². The molecule has 0 spiro atoms. The number of carbonyl (C=O) groups excluding carboxylic acids is 2. The lowest BCUT2D eigenvalue weighted by Gasteiger charge is -2.35. The maximum absolute atomic E-state index is 14.5. The van der Waals surface area contributed by atoms with Gasteiger partial charge in [0.1, 0.15) is 24.2 Å². The van der Waals surface area contributed by atoms with Gasteiger partial charge < -0.3 is 10.2 Å². The van der Waals surface area contributed by atoms with E-state index in [9.17, 15) is 26.8 Å². The molecule has 246 valence electrons. The third-order valence-electron chi connectivity index (χ3n) is 8.29. The summed E-state index contributed by atoms with van der Waals surface area (Å²) in [5, 5.41) is 2.82. The molecule has 0 aromatic heterocycles. The van der Waals surface area contributed by atoms with Gasteiger partial charge in [-0.1, -0.05) is 91.5 Å². The van der Waals surface area contributed by atoms with Gasteiger partial charge in [0.25, 0.3) is 10.0 Å². The van der Waals surface area contributed by atoms with Gasteiger partial charge in [0, 0.05) is 19.0 Å². The number of amides is 2. The first kappa shape index (κ1) is 34.1. The highest BCUT2D eigenvalue weighted by Crippen LogP contribution is 2.29. The van der Waals surface area contributed by atoms with Crippen LogP contribution in [0.1, 0.15) is 43.2 Å². The van der Waals surface area contributed by atoms with E-state index in [0.29, 0.717) is 5.56 Å². The predicted octanol–water partition coefficient (Wildman–Crippen LogP) is 6.90. The topological polar surface area (TPSA) is 86.8 Å². The first-order chi connectivity index (χ1) is 22.6. The summed E-state index contributed by atoms with van der Waals surface area (Å²) in [4.78, 5) is 29.9. The maximum atomic E-state index is 14.5. The normalized spacial score (nSPS) is 14.3. The van der Waals surface area contributed by atoms with Crippen LogP contribution in [0.5, 0.6) is 0 Å². The molecular formula is C36H36ClF2N3O4S. The average Bonchev–Trinajstić information content (AvgIpc) is 3.08. The Hall–Kier alpha value is -4.28. The van der Waals surface area contributed by atoms with Crippen molar-refractivity contribution in [1.29, 1.82) is 0 Å². The smallest absolute Gasteiger partial charge is 0.264 e. The van der Waals surface area contributed by atoms with E-state index in [4.69, 9.17) is 11.6 Å². The minimum absolute atomic E-state index is 0.0263. The van der Waals surface area contributed by atoms with Gasteiger partial charge in [-0.2, -0.15) is 0 Å². The van der Waals surface area contributed by atoms with Crippen LogP contribution in [0.4, 0.5) is 14.5 Å². The van der Waals surface area contributed by atoms with Gasteiger partial charge in [0.15, 0.2) is 0 Å². The van der Waals surface area contributed by atoms with E-state index in [2.05, 4.69) is 5.32 Å². The van der Waals surface area contributed by atoms with Crippen LogP contribution in [-0.2, 0) is 32.6 Å². The standard InChI is InChI=1S/C36H36ClF2N3O4S/c37-32-23-30(20-21-33(32)39)42(47(45,46)31-14-8-3-9-15-31)25-35(43)41(24-27-16-18-28(38)19-17-27)34(22-26-10-4-1-5-11-26)36(44)40-29-12-6-2-7-13-29/h1,3-5,8-11,14-21,23,29,34H,2,6-7,12-13,22,24-25H2,(H,40,44). The van der Waals surface area contributed by atoms with Crippen molar-refractivity contribution in [3.05, 3.63) is 131 Å². The molecular weight excluding hydrogens is 644 g/mol. The number of nitrogens with one attached hydrogen (secondary N) is 1. The molecule has 0 heterocycles. The average molecular weight is 680 g/mol. The number of hydrogen-bond acceptors (Lipinski definition) is 4. The van der Waals surface area contributed by atoms with Crippen LogP contribution in [0.3, 0.4) is 0 Å². The molecule has 4 aromatic carbocycles. The maximum Gasteiger partial charge on any atom is 0.264 e. The van der Waals surface area contributed by atoms with Gasteiger partial charge in [-0.3, -0.25) is 13.9 Å². The SMILES string of the molecule is O=C(NC1CCCCC1)C(Cc1ccccc1)N(Cc1ccc(F)cc1)C(=O)CN(c1ccc(F)c(Cl)c1)S(=O)(=O)c1ccccc1. The molecule has 1 aliphatic rings. The molecule has 47 heavy (non-hydrogen) atoms. The van der Waals surface area contributed by atoms with Gasteiger partial charge >= 0.3 is 0 Å². The molecule has 2 amide bonds. The number of sulfonamides is 1. The number of carbonyl (C=O) groups is 2. The Morgan fingerprint density at radius 1 is 0.830 bits per heavy atom. The Labute approximate surface area is 279 Å². The fraction of sp³-hybridized carbons (Fsp3) is 0.278. The Morgan fingerprint density at radius 2 is 1.47 bits per heavy atom. The molecule has 11 heteroatoms. The zero-order valence-corrected chi connectivity index (χ0v) is 27.3. The van der Waals surface area contributed by atoms with Crippen molar-refractivity contribution >= 4 is 39.1 Å². The third-order valence-corrected chi connectivity index (χ3v) is 10.4. The van der Waals surface area contributed by atoms with Gasteiger partial charge in [0.05, 0.1) is 15.6 Å². The van der Waals surface area contributed by atoms with Crippen LogP contribution < -0.4 is 9.62 Å². The fourth-order valence-electron chi connectivity index (χ4n) is 5.77. The lowest BCUT2D eigenvalue weighted by atomic mass is 9.94. The predicted molar refractivity (Wildman–Crippen MR) is 178 cm³/mol. The molecule has 0 bridgehead atoms. The van der Waals surface area contributed by atoms with Crippen molar-refractivity contribution in [3.63, 3.8) is 0 Å². The Balaban J connectivity index is 1.56. The van der Waals surface area contributed by atoms with Crippen LogP contribution in [0, 0.1) is 11.6 Å². The number of halogens is 3. The van der Waals surface area contributed by atoms with Crippen LogP contribution in [0.25, 0.3) is 0 Å². The number of benzene rings is 4. The van der Waals surface area contributed by atoms with Crippen molar-refractivity contribution in [2.45, 2.75) is 62.0 Å². The van der Waals surface area contributed by atoms with Crippen molar-refractivity contribution in [2.75, 3.05) is 10.8 Å². The van der Waals surface area contributed by atoms with Gasteiger partial charge in [-0.05, 0) is 66.4 Å². The van der Waals surface area contributed by atoms with E-state index in [0.717, 1.165) is 54.1 Å². The number of nitrogens with zero attached hydrogens (tertiary/aromatic N) is 2. The summed E-state index contributed by atoms with van der Waals surface area (Å²) in [5.41, 5.74) is 1.32. The van der Waals surface area contributed by atoms with E-state index < -0.39 is 40.2 Å². The van der Waals surface area contributed by atoms with Crippen LogP contribution in [0.15, 0.2) is 108 Å².